The lowest BCUT2D eigenvalue weighted by Gasteiger charge is -2.09. The zero-order valence-corrected chi connectivity index (χ0v) is 11.7. The summed E-state index contributed by atoms with van der Waals surface area (Å²) < 4.78 is 41.7. The molecule has 0 N–H and O–H groups in total. The molecule has 0 aliphatic carbocycles. The first kappa shape index (κ1) is 14.2. The standard InChI is InChI=1S/C10H7BrF3N3OS/c11-7-5-15-17(6-7)8-1-3-19(4-2-8)16-9(18)10(12,13)14/h1-3,5-6H,4H2. The molecule has 0 bridgehead atoms. The summed E-state index contributed by atoms with van der Waals surface area (Å²) >= 11 is 3.24. The second kappa shape index (κ2) is 5.41. The SMILES string of the molecule is O=C(N=S1C=CC(n2cc(Br)cn2)=CC1)C(F)(F)F. The molecule has 102 valence electrons. The molecule has 2 rings (SSSR count). The highest BCUT2D eigenvalue weighted by Crippen LogP contribution is 2.19. The Hall–Kier alpha value is -1.22. The predicted molar refractivity (Wildman–Crippen MR) is 69.1 cm³/mol. The second-order valence-electron chi connectivity index (χ2n) is 3.50. The van der Waals surface area contributed by atoms with Crippen LogP contribution in [-0.2, 0) is 15.5 Å². The van der Waals surface area contributed by atoms with Gasteiger partial charge in [-0.1, -0.05) is 10.7 Å². The van der Waals surface area contributed by atoms with E-state index < -0.39 is 22.8 Å². The first-order valence-electron chi connectivity index (χ1n) is 4.98. The lowest BCUT2D eigenvalue weighted by atomic mass is 10.4. The Morgan fingerprint density at radius 2 is 2.26 bits per heavy atom. The molecule has 1 aromatic rings. The van der Waals surface area contributed by atoms with Crippen LogP contribution in [0.3, 0.4) is 0 Å². The molecule has 1 aliphatic heterocycles. The molecule has 0 radical (unpaired) electrons. The Balaban J connectivity index is 2.11. The van der Waals surface area contributed by atoms with E-state index in [0.29, 0.717) is 0 Å². The van der Waals surface area contributed by atoms with E-state index in [4.69, 9.17) is 0 Å². The third-order valence-corrected chi connectivity index (χ3v) is 3.89. The van der Waals surface area contributed by atoms with Crippen LogP contribution in [-0.4, -0.2) is 27.6 Å². The molecule has 4 nitrogen and oxygen atoms in total. The van der Waals surface area contributed by atoms with Gasteiger partial charge in [0.25, 0.3) is 0 Å². The van der Waals surface area contributed by atoms with E-state index in [9.17, 15) is 18.0 Å². The molecule has 1 aliphatic rings. The van der Waals surface area contributed by atoms with Crippen LogP contribution in [0.25, 0.3) is 5.70 Å². The molecule has 0 saturated heterocycles. The molecule has 0 saturated carbocycles. The van der Waals surface area contributed by atoms with Gasteiger partial charge in [-0.2, -0.15) is 22.6 Å². The van der Waals surface area contributed by atoms with Crippen LogP contribution in [0.4, 0.5) is 13.2 Å². The highest BCUT2D eigenvalue weighted by molar-refractivity contribution is 9.10. The van der Waals surface area contributed by atoms with Gasteiger partial charge < -0.3 is 0 Å². The highest BCUT2D eigenvalue weighted by atomic mass is 79.9. The number of alkyl halides is 3. The first-order valence-corrected chi connectivity index (χ1v) is 7.18. The monoisotopic (exact) mass is 353 g/mol. The predicted octanol–water partition coefficient (Wildman–Crippen LogP) is 2.90. The van der Waals surface area contributed by atoms with Crippen LogP contribution in [0.15, 0.2) is 38.8 Å². The van der Waals surface area contributed by atoms with E-state index in [1.54, 1.807) is 29.2 Å². The Bertz CT molecular complexity index is 603. The van der Waals surface area contributed by atoms with Gasteiger partial charge in [-0.05, 0) is 33.5 Å². The molecule has 9 heteroatoms. The summed E-state index contributed by atoms with van der Waals surface area (Å²) in [5, 5.41) is 5.52. The summed E-state index contributed by atoms with van der Waals surface area (Å²) in [6, 6.07) is 0. The minimum absolute atomic E-state index is 0.255. The van der Waals surface area contributed by atoms with Gasteiger partial charge in [0.05, 0.1) is 16.4 Å². The van der Waals surface area contributed by atoms with Crippen molar-refractivity contribution in [1.82, 2.24) is 9.78 Å². The fraction of sp³-hybridized carbons (Fsp3) is 0.200. The molecule has 0 aromatic carbocycles. The van der Waals surface area contributed by atoms with Crippen molar-refractivity contribution >= 4 is 38.2 Å². The van der Waals surface area contributed by atoms with E-state index in [1.165, 1.54) is 5.41 Å². The molecule has 0 spiro atoms. The second-order valence-corrected chi connectivity index (χ2v) is 6.00. The van der Waals surface area contributed by atoms with Gasteiger partial charge in [0, 0.05) is 11.9 Å². The van der Waals surface area contributed by atoms with Gasteiger partial charge in [-0.3, -0.25) is 4.79 Å². The quantitative estimate of drug-likeness (QED) is 0.779. The molecule has 1 atom stereocenters. The molecule has 1 unspecified atom stereocenters. The molecule has 1 amide bonds. The summed E-state index contributed by atoms with van der Waals surface area (Å²) in [7, 11) is -1.06. The lowest BCUT2D eigenvalue weighted by Crippen LogP contribution is -2.21. The van der Waals surface area contributed by atoms with E-state index in [2.05, 4.69) is 25.4 Å². The van der Waals surface area contributed by atoms with E-state index in [0.717, 1.165) is 10.2 Å². The molecule has 19 heavy (non-hydrogen) atoms. The number of nitrogens with zero attached hydrogens (tertiary/aromatic N) is 3. The highest BCUT2D eigenvalue weighted by Gasteiger charge is 2.38. The summed E-state index contributed by atoms with van der Waals surface area (Å²) in [4.78, 5) is 10.7. The average Bonchev–Trinajstić information content (AvgIpc) is 2.75. The topological polar surface area (TPSA) is 47.2 Å². The lowest BCUT2D eigenvalue weighted by molar-refractivity contribution is -0.169. The van der Waals surface area contributed by atoms with Gasteiger partial charge in [-0.25, -0.2) is 4.68 Å². The maximum atomic E-state index is 12.1. The number of carbonyl (C=O) groups is 1. The van der Waals surface area contributed by atoms with Gasteiger partial charge in [0.1, 0.15) is 0 Å². The van der Waals surface area contributed by atoms with Crippen molar-refractivity contribution in [3.05, 3.63) is 34.4 Å². The van der Waals surface area contributed by atoms with Crippen LogP contribution in [0, 0.1) is 0 Å². The first-order chi connectivity index (χ1) is 8.86. The number of rotatable bonds is 1. The van der Waals surface area contributed by atoms with Crippen molar-refractivity contribution in [2.75, 3.05) is 5.75 Å². The van der Waals surface area contributed by atoms with Gasteiger partial charge in [-0.15, -0.1) is 0 Å². The molecule has 2 heterocycles. The number of hydrogen-bond donors (Lipinski definition) is 0. The van der Waals surface area contributed by atoms with Crippen LogP contribution < -0.4 is 0 Å². The maximum Gasteiger partial charge on any atom is 0.474 e. The average molecular weight is 354 g/mol. The van der Waals surface area contributed by atoms with E-state index in [1.807, 2.05) is 0 Å². The molecule has 1 aromatic heterocycles. The van der Waals surface area contributed by atoms with Crippen molar-refractivity contribution in [3.63, 3.8) is 0 Å². The van der Waals surface area contributed by atoms with Gasteiger partial charge >= 0.3 is 12.1 Å². The summed E-state index contributed by atoms with van der Waals surface area (Å²) in [5.74, 6) is -1.79. The zero-order chi connectivity index (χ0) is 14.0. The van der Waals surface area contributed by atoms with E-state index in [-0.39, 0.29) is 5.75 Å². The maximum absolute atomic E-state index is 12.1. The molecular weight excluding hydrogens is 347 g/mol. The van der Waals surface area contributed by atoms with Gasteiger partial charge in [0.2, 0.25) is 0 Å². The van der Waals surface area contributed by atoms with Crippen molar-refractivity contribution < 1.29 is 18.0 Å². The fourth-order valence-electron chi connectivity index (χ4n) is 1.28. The summed E-state index contributed by atoms with van der Waals surface area (Å²) in [5.41, 5.74) is 0.726. The fourth-order valence-corrected chi connectivity index (χ4v) is 2.77. The number of halogens is 4. The Labute approximate surface area is 117 Å². The van der Waals surface area contributed by atoms with Crippen molar-refractivity contribution in [3.8, 4) is 0 Å². The number of amides is 1. The number of allylic oxidation sites excluding steroid dienone is 2. The zero-order valence-electron chi connectivity index (χ0n) is 9.26. The number of hydrogen-bond acceptors (Lipinski definition) is 2. The third-order valence-electron chi connectivity index (χ3n) is 2.12. The van der Waals surface area contributed by atoms with Crippen molar-refractivity contribution in [1.29, 1.82) is 0 Å². The number of aromatic nitrogens is 2. The summed E-state index contributed by atoms with van der Waals surface area (Å²) in [6.07, 6.45) is 1.70. The molecular formula is C10H7BrF3N3OS. The Morgan fingerprint density at radius 1 is 1.53 bits per heavy atom. The van der Waals surface area contributed by atoms with Crippen LogP contribution >= 0.6 is 15.9 Å². The van der Waals surface area contributed by atoms with Crippen molar-refractivity contribution in [2.24, 2.45) is 4.36 Å². The van der Waals surface area contributed by atoms with Crippen LogP contribution in [0.5, 0.6) is 0 Å². The Morgan fingerprint density at radius 3 is 2.74 bits per heavy atom. The largest absolute Gasteiger partial charge is 0.474 e. The minimum Gasteiger partial charge on any atom is -0.261 e. The normalized spacial score (nSPS) is 19.6. The summed E-state index contributed by atoms with van der Waals surface area (Å²) in [6.45, 7) is 0. The number of carbonyl (C=O) groups excluding carboxylic acids is 1. The van der Waals surface area contributed by atoms with Gasteiger partial charge in [0.15, 0.2) is 0 Å². The van der Waals surface area contributed by atoms with Crippen molar-refractivity contribution in [2.45, 2.75) is 6.18 Å². The van der Waals surface area contributed by atoms with Crippen LogP contribution in [0.2, 0.25) is 0 Å². The smallest absolute Gasteiger partial charge is 0.261 e. The minimum atomic E-state index is -4.91. The van der Waals surface area contributed by atoms with E-state index >= 15 is 0 Å². The molecule has 0 fully saturated rings. The Kier molecular flexibility index (Phi) is 4.04. The third kappa shape index (κ3) is 3.63. The van der Waals surface area contributed by atoms with Crippen LogP contribution in [0.1, 0.15) is 0 Å².